The average molecular weight is 143 g/mol. The normalized spacial score (nSPS) is 13.0. The predicted molar refractivity (Wildman–Crippen MR) is 44.0 cm³/mol. The number of rotatable bonds is 6. The van der Waals surface area contributed by atoms with Crippen LogP contribution >= 0.6 is 0 Å². The highest BCUT2D eigenvalue weighted by molar-refractivity contribution is 4.70. The zero-order chi connectivity index (χ0) is 7.82. The quantitative estimate of drug-likeness (QED) is 0.428. The van der Waals surface area contributed by atoms with Crippen molar-refractivity contribution in [2.24, 2.45) is 0 Å². The summed E-state index contributed by atoms with van der Waals surface area (Å²) in [5.74, 6) is 0. The maximum absolute atomic E-state index is 9.18. The van der Waals surface area contributed by atoms with E-state index in [1.807, 2.05) is 0 Å². The summed E-state index contributed by atoms with van der Waals surface area (Å²) in [6, 6.07) is 0. The van der Waals surface area contributed by atoms with Gasteiger partial charge >= 0.3 is 0 Å². The fourth-order valence-corrected chi connectivity index (χ4v) is 0.787. The van der Waals surface area contributed by atoms with E-state index in [1.165, 1.54) is 0 Å². The smallest absolute Gasteiger partial charge is 0.0664 e. The lowest BCUT2D eigenvalue weighted by Gasteiger charge is -2.08. The van der Waals surface area contributed by atoms with Crippen LogP contribution in [0.2, 0.25) is 0 Å². The standard InChI is InChI=1S/C8H17NO/c1-3-5-8(10)7-9-6-4-2/h4,8-10H,2-3,5-7H2,1H3. The monoisotopic (exact) mass is 143 g/mol. The summed E-state index contributed by atoms with van der Waals surface area (Å²) in [5, 5.41) is 12.2. The zero-order valence-electron chi connectivity index (χ0n) is 6.64. The van der Waals surface area contributed by atoms with Gasteiger partial charge in [0.1, 0.15) is 0 Å². The first kappa shape index (κ1) is 9.66. The van der Waals surface area contributed by atoms with Crippen molar-refractivity contribution in [3.63, 3.8) is 0 Å². The van der Waals surface area contributed by atoms with Crippen molar-refractivity contribution in [2.75, 3.05) is 13.1 Å². The van der Waals surface area contributed by atoms with Gasteiger partial charge in [-0.1, -0.05) is 19.4 Å². The van der Waals surface area contributed by atoms with Crippen molar-refractivity contribution in [1.82, 2.24) is 5.32 Å². The second-order valence-corrected chi connectivity index (χ2v) is 2.39. The highest BCUT2D eigenvalue weighted by atomic mass is 16.3. The molecule has 2 nitrogen and oxygen atoms in total. The molecule has 1 unspecified atom stereocenters. The lowest BCUT2D eigenvalue weighted by molar-refractivity contribution is 0.162. The van der Waals surface area contributed by atoms with E-state index in [2.05, 4.69) is 18.8 Å². The maximum atomic E-state index is 9.18. The molecule has 0 radical (unpaired) electrons. The minimum Gasteiger partial charge on any atom is -0.392 e. The summed E-state index contributed by atoms with van der Waals surface area (Å²) < 4.78 is 0. The third-order valence-electron chi connectivity index (χ3n) is 1.29. The number of nitrogens with one attached hydrogen (secondary N) is 1. The summed E-state index contributed by atoms with van der Waals surface area (Å²) in [7, 11) is 0. The first-order valence-electron chi connectivity index (χ1n) is 3.81. The molecule has 0 bridgehead atoms. The SMILES string of the molecule is C=CCNCC(O)CCC. The van der Waals surface area contributed by atoms with Crippen LogP contribution in [0.4, 0.5) is 0 Å². The predicted octanol–water partition coefficient (Wildman–Crippen LogP) is 0.923. The van der Waals surface area contributed by atoms with Crippen molar-refractivity contribution >= 4 is 0 Å². The minimum absolute atomic E-state index is 0.190. The molecule has 10 heavy (non-hydrogen) atoms. The topological polar surface area (TPSA) is 32.3 Å². The van der Waals surface area contributed by atoms with E-state index in [4.69, 9.17) is 0 Å². The Balaban J connectivity index is 3.04. The largest absolute Gasteiger partial charge is 0.392 e. The van der Waals surface area contributed by atoms with Gasteiger partial charge in [0.05, 0.1) is 6.10 Å². The van der Waals surface area contributed by atoms with E-state index < -0.39 is 0 Å². The zero-order valence-corrected chi connectivity index (χ0v) is 6.64. The van der Waals surface area contributed by atoms with Crippen molar-refractivity contribution in [2.45, 2.75) is 25.9 Å². The molecule has 2 heteroatoms. The summed E-state index contributed by atoms with van der Waals surface area (Å²) in [6.07, 6.45) is 3.52. The van der Waals surface area contributed by atoms with Crippen molar-refractivity contribution in [3.05, 3.63) is 12.7 Å². The molecule has 60 valence electrons. The van der Waals surface area contributed by atoms with Crippen LogP contribution in [0.5, 0.6) is 0 Å². The molecule has 0 aromatic rings. The highest BCUT2D eigenvalue weighted by Gasteiger charge is 1.98. The molecule has 0 aromatic carbocycles. The van der Waals surface area contributed by atoms with Gasteiger partial charge in [0.15, 0.2) is 0 Å². The average Bonchev–Trinajstić information content (AvgIpc) is 1.89. The molecule has 0 rings (SSSR count). The van der Waals surface area contributed by atoms with E-state index >= 15 is 0 Å². The molecule has 0 saturated heterocycles. The number of hydrogen-bond donors (Lipinski definition) is 2. The van der Waals surface area contributed by atoms with Crippen LogP contribution in [-0.2, 0) is 0 Å². The minimum atomic E-state index is -0.190. The van der Waals surface area contributed by atoms with Gasteiger partial charge in [-0.3, -0.25) is 0 Å². The van der Waals surface area contributed by atoms with Crippen LogP contribution in [-0.4, -0.2) is 24.3 Å². The Morgan fingerprint density at radius 2 is 2.40 bits per heavy atom. The summed E-state index contributed by atoms with van der Waals surface area (Å²) in [5.41, 5.74) is 0. The van der Waals surface area contributed by atoms with Gasteiger partial charge < -0.3 is 10.4 Å². The van der Waals surface area contributed by atoms with E-state index in [1.54, 1.807) is 6.08 Å². The molecule has 0 aliphatic carbocycles. The summed E-state index contributed by atoms with van der Waals surface area (Å²) in [6.45, 7) is 7.08. The molecular formula is C8H17NO. The van der Waals surface area contributed by atoms with Crippen LogP contribution in [0.3, 0.4) is 0 Å². The van der Waals surface area contributed by atoms with Gasteiger partial charge in [-0.05, 0) is 6.42 Å². The van der Waals surface area contributed by atoms with E-state index in [-0.39, 0.29) is 6.10 Å². The third kappa shape index (κ3) is 5.79. The fourth-order valence-electron chi connectivity index (χ4n) is 0.787. The van der Waals surface area contributed by atoms with Crippen molar-refractivity contribution < 1.29 is 5.11 Å². The Bertz CT molecular complexity index is 83.3. The number of hydrogen-bond acceptors (Lipinski definition) is 2. The molecule has 0 aromatic heterocycles. The highest BCUT2D eigenvalue weighted by Crippen LogP contribution is 1.92. The molecule has 0 fully saturated rings. The van der Waals surface area contributed by atoms with Crippen LogP contribution in [0.1, 0.15) is 19.8 Å². The van der Waals surface area contributed by atoms with E-state index in [0.717, 1.165) is 19.4 Å². The van der Waals surface area contributed by atoms with Gasteiger partial charge in [0, 0.05) is 13.1 Å². The Morgan fingerprint density at radius 1 is 1.70 bits per heavy atom. The van der Waals surface area contributed by atoms with Crippen LogP contribution in [0, 0.1) is 0 Å². The van der Waals surface area contributed by atoms with E-state index in [0.29, 0.717) is 6.54 Å². The first-order chi connectivity index (χ1) is 4.81. The first-order valence-corrected chi connectivity index (χ1v) is 3.81. The van der Waals surface area contributed by atoms with Gasteiger partial charge in [-0.2, -0.15) is 0 Å². The molecule has 1 atom stereocenters. The number of aliphatic hydroxyl groups is 1. The van der Waals surface area contributed by atoms with Gasteiger partial charge in [0.2, 0.25) is 0 Å². The summed E-state index contributed by atoms with van der Waals surface area (Å²) >= 11 is 0. The maximum Gasteiger partial charge on any atom is 0.0664 e. The Hall–Kier alpha value is -0.340. The van der Waals surface area contributed by atoms with Gasteiger partial charge in [-0.15, -0.1) is 6.58 Å². The molecule has 2 N–H and O–H groups in total. The molecule has 0 saturated carbocycles. The molecule has 0 spiro atoms. The third-order valence-corrected chi connectivity index (χ3v) is 1.29. The lowest BCUT2D eigenvalue weighted by atomic mass is 10.2. The second-order valence-electron chi connectivity index (χ2n) is 2.39. The van der Waals surface area contributed by atoms with E-state index in [9.17, 15) is 5.11 Å². The van der Waals surface area contributed by atoms with Crippen LogP contribution in [0.25, 0.3) is 0 Å². The fraction of sp³-hybridized carbons (Fsp3) is 0.750. The Morgan fingerprint density at radius 3 is 2.90 bits per heavy atom. The Kier molecular flexibility index (Phi) is 6.55. The number of aliphatic hydroxyl groups excluding tert-OH is 1. The molecular weight excluding hydrogens is 126 g/mol. The molecule has 0 heterocycles. The van der Waals surface area contributed by atoms with Crippen LogP contribution in [0.15, 0.2) is 12.7 Å². The van der Waals surface area contributed by atoms with Crippen molar-refractivity contribution in [3.8, 4) is 0 Å². The molecule has 0 aliphatic heterocycles. The van der Waals surface area contributed by atoms with Crippen molar-refractivity contribution in [1.29, 1.82) is 0 Å². The lowest BCUT2D eigenvalue weighted by Crippen LogP contribution is -2.26. The van der Waals surface area contributed by atoms with Gasteiger partial charge in [-0.25, -0.2) is 0 Å². The molecule has 0 aliphatic rings. The summed E-state index contributed by atoms with van der Waals surface area (Å²) in [4.78, 5) is 0. The second kappa shape index (κ2) is 6.78. The Labute approximate surface area is 62.9 Å². The van der Waals surface area contributed by atoms with Gasteiger partial charge in [0.25, 0.3) is 0 Å². The van der Waals surface area contributed by atoms with Crippen LogP contribution < -0.4 is 5.32 Å². The molecule has 0 amide bonds.